The Balaban J connectivity index is 2.23. The molecule has 1 aliphatic carbocycles. The van der Waals surface area contributed by atoms with Gasteiger partial charge in [-0.3, -0.25) is 4.79 Å². The summed E-state index contributed by atoms with van der Waals surface area (Å²) in [7, 11) is 0. The minimum absolute atomic E-state index is 0.113. The minimum Gasteiger partial charge on any atom is -0.454 e. The lowest BCUT2D eigenvalue weighted by Gasteiger charge is -2.31. The Hall–Kier alpha value is -1.05. The van der Waals surface area contributed by atoms with Gasteiger partial charge in [-0.05, 0) is 25.3 Å². The fourth-order valence-electron chi connectivity index (χ4n) is 2.02. The largest absolute Gasteiger partial charge is 0.454 e. The van der Waals surface area contributed by atoms with Crippen LogP contribution in [-0.4, -0.2) is 11.6 Å². The van der Waals surface area contributed by atoms with E-state index in [9.17, 15) is 4.79 Å². The first-order valence-corrected chi connectivity index (χ1v) is 4.68. The average molecular weight is 178 g/mol. The third-order valence-electron chi connectivity index (χ3n) is 3.01. The minimum atomic E-state index is -0.337. The van der Waals surface area contributed by atoms with Crippen molar-refractivity contribution in [2.75, 3.05) is 0 Å². The second-order valence-corrected chi connectivity index (χ2v) is 4.00. The predicted octanol–water partition coefficient (Wildman–Crippen LogP) is 2.36. The summed E-state index contributed by atoms with van der Waals surface area (Å²) in [5, 5.41) is 0. The molecule has 0 aromatic carbocycles. The summed E-state index contributed by atoms with van der Waals surface area (Å²) < 4.78 is 5.37. The molecule has 0 N–H and O–H groups in total. The van der Waals surface area contributed by atoms with Crippen molar-refractivity contribution in [2.45, 2.75) is 38.2 Å². The van der Waals surface area contributed by atoms with Crippen molar-refractivity contribution in [1.82, 2.24) is 0 Å². The molecule has 0 bridgehead atoms. The van der Waals surface area contributed by atoms with Crippen molar-refractivity contribution >= 4 is 5.97 Å². The Kier molecular flexibility index (Phi) is 1.79. The third-order valence-corrected chi connectivity index (χ3v) is 3.01. The van der Waals surface area contributed by atoms with Gasteiger partial charge >= 0.3 is 5.97 Å². The van der Waals surface area contributed by atoms with Crippen LogP contribution in [0.4, 0.5) is 0 Å². The standard InChI is InChI=1S/C11H14O2/c1-8-3-5-11(6-4-8)9(2)7-10(12)13-11/h3H,2,4-7H2,1H3. The second kappa shape index (κ2) is 2.72. The molecular formula is C11H14O2. The molecule has 0 aromatic rings. The van der Waals surface area contributed by atoms with Crippen LogP contribution in [-0.2, 0) is 9.53 Å². The van der Waals surface area contributed by atoms with Gasteiger partial charge in [0.25, 0.3) is 0 Å². The van der Waals surface area contributed by atoms with E-state index in [1.54, 1.807) is 0 Å². The lowest BCUT2D eigenvalue weighted by molar-refractivity contribution is -0.148. The quantitative estimate of drug-likeness (QED) is 0.420. The smallest absolute Gasteiger partial charge is 0.310 e. The monoisotopic (exact) mass is 178 g/mol. The van der Waals surface area contributed by atoms with Gasteiger partial charge in [0.15, 0.2) is 0 Å². The first-order valence-electron chi connectivity index (χ1n) is 4.68. The van der Waals surface area contributed by atoms with Crippen molar-refractivity contribution in [3.63, 3.8) is 0 Å². The summed E-state index contributed by atoms with van der Waals surface area (Å²) in [6.45, 7) is 6.05. The molecule has 2 aliphatic rings. The summed E-state index contributed by atoms with van der Waals surface area (Å²) in [6.07, 6.45) is 5.33. The highest BCUT2D eigenvalue weighted by molar-refractivity contribution is 5.77. The van der Waals surface area contributed by atoms with Crippen molar-refractivity contribution in [1.29, 1.82) is 0 Å². The van der Waals surface area contributed by atoms with Crippen LogP contribution in [0.15, 0.2) is 23.8 Å². The van der Waals surface area contributed by atoms with Crippen molar-refractivity contribution in [3.8, 4) is 0 Å². The molecule has 1 atom stereocenters. The van der Waals surface area contributed by atoms with Gasteiger partial charge in [-0.1, -0.05) is 18.2 Å². The fraction of sp³-hybridized carbons (Fsp3) is 0.545. The van der Waals surface area contributed by atoms with Crippen LogP contribution in [0.5, 0.6) is 0 Å². The van der Waals surface area contributed by atoms with E-state index in [0.717, 1.165) is 24.8 Å². The lowest BCUT2D eigenvalue weighted by Crippen LogP contribution is -2.31. The molecule has 1 fully saturated rings. The highest BCUT2D eigenvalue weighted by Crippen LogP contribution is 2.41. The Morgan fingerprint density at radius 1 is 1.62 bits per heavy atom. The molecule has 1 saturated heterocycles. The van der Waals surface area contributed by atoms with E-state index < -0.39 is 0 Å². The second-order valence-electron chi connectivity index (χ2n) is 4.00. The maximum absolute atomic E-state index is 11.1. The molecule has 70 valence electrons. The van der Waals surface area contributed by atoms with Gasteiger partial charge in [0.1, 0.15) is 5.60 Å². The molecule has 13 heavy (non-hydrogen) atoms. The molecule has 2 heteroatoms. The van der Waals surface area contributed by atoms with Gasteiger partial charge in [-0.25, -0.2) is 0 Å². The maximum Gasteiger partial charge on any atom is 0.310 e. The Bertz CT molecular complexity index is 301. The first kappa shape index (κ1) is 8.54. The molecule has 2 nitrogen and oxygen atoms in total. The van der Waals surface area contributed by atoms with E-state index in [2.05, 4.69) is 19.6 Å². The van der Waals surface area contributed by atoms with Gasteiger partial charge < -0.3 is 4.74 Å². The van der Waals surface area contributed by atoms with Crippen LogP contribution in [0.2, 0.25) is 0 Å². The molecule has 1 spiro atoms. The van der Waals surface area contributed by atoms with Gasteiger partial charge in [-0.15, -0.1) is 0 Å². The zero-order chi connectivity index (χ0) is 9.47. The van der Waals surface area contributed by atoms with E-state index >= 15 is 0 Å². The average Bonchev–Trinajstić information content (AvgIpc) is 2.34. The van der Waals surface area contributed by atoms with E-state index in [-0.39, 0.29) is 11.6 Å². The SMILES string of the molecule is C=C1CC(=O)OC12CC=C(C)CC2. The van der Waals surface area contributed by atoms with E-state index in [0.29, 0.717) is 6.42 Å². The predicted molar refractivity (Wildman–Crippen MR) is 50.2 cm³/mol. The van der Waals surface area contributed by atoms with E-state index in [1.165, 1.54) is 5.57 Å². The summed E-state index contributed by atoms with van der Waals surface area (Å²) in [6, 6.07) is 0. The Labute approximate surface area is 78.3 Å². The number of hydrogen-bond donors (Lipinski definition) is 0. The number of carbonyl (C=O) groups excluding carboxylic acids is 1. The Morgan fingerprint density at radius 3 is 2.85 bits per heavy atom. The number of esters is 1. The summed E-state index contributed by atoms with van der Waals surface area (Å²) >= 11 is 0. The topological polar surface area (TPSA) is 26.3 Å². The zero-order valence-corrected chi connectivity index (χ0v) is 7.93. The molecule has 1 heterocycles. The van der Waals surface area contributed by atoms with E-state index in [4.69, 9.17) is 4.74 Å². The number of rotatable bonds is 0. The van der Waals surface area contributed by atoms with Crippen LogP contribution in [0.25, 0.3) is 0 Å². The molecule has 2 rings (SSSR count). The van der Waals surface area contributed by atoms with Crippen molar-refractivity contribution in [2.24, 2.45) is 0 Å². The molecule has 0 amide bonds. The van der Waals surface area contributed by atoms with Crippen LogP contribution in [0.1, 0.15) is 32.6 Å². The highest BCUT2D eigenvalue weighted by atomic mass is 16.6. The van der Waals surface area contributed by atoms with Gasteiger partial charge in [-0.2, -0.15) is 0 Å². The number of allylic oxidation sites excluding steroid dienone is 1. The van der Waals surface area contributed by atoms with Crippen LogP contribution in [0, 0.1) is 0 Å². The summed E-state index contributed by atoms with van der Waals surface area (Å²) in [5.41, 5.74) is 2.01. The first-order chi connectivity index (χ1) is 6.12. The van der Waals surface area contributed by atoms with Crippen molar-refractivity contribution in [3.05, 3.63) is 23.8 Å². The lowest BCUT2D eigenvalue weighted by atomic mass is 9.81. The number of hydrogen-bond acceptors (Lipinski definition) is 2. The summed E-state index contributed by atoms with van der Waals surface area (Å²) in [5.74, 6) is -0.113. The van der Waals surface area contributed by atoms with Crippen LogP contribution in [0.3, 0.4) is 0 Å². The van der Waals surface area contributed by atoms with Gasteiger partial charge in [0.05, 0.1) is 6.42 Å². The van der Waals surface area contributed by atoms with Crippen LogP contribution >= 0.6 is 0 Å². The summed E-state index contributed by atoms with van der Waals surface area (Å²) in [4.78, 5) is 11.1. The van der Waals surface area contributed by atoms with Gasteiger partial charge in [0, 0.05) is 6.42 Å². The number of carbonyl (C=O) groups is 1. The highest BCUT2D eigenvalue weighted by Gasteiger charge is 2.43. The normalized spacial score (nSPS) is 33.5. The van der Waals surface area contributed by atoms with Crippen LogP contribution < -0.4 is 0 Å². The number of ether oxygens (including phenoxy) is 1. The molecular weight excluding hydrogens is 164 g/mol. The zero-order valence-electron chi connectivity index (χ0n) is 7.93. The van der Waals surface area contributed by atoms with Gasteiger partial charge in [0.2, 0.25) is 0 Å². The molecule has 0 aromatic heterocycles. The third kappa shape index (κ3) is 1.30. The Morgan fingerprint density at radius 2 is 2.38 bits per heavy atom. The molecule has 0 saturated carbocycles. The molecule has 0 radical (unpaired) electrons. The molecule has 1 aliphatic heterocycles. The maximum atomic E-state index is 11.1. The fourth-order valence-corrected chi connectivity index (χ4v) is 2.02. The molecule has 1 unspecified atom stereocenters. The van der Waals surface area contributed by atoms with Crippen molar-refractivity contribution < 1.29 is 9.53 Å². The van der Waals surface area contributed by atoms with E-state index in [1.807, 2.05) is 0 Å².